The Bertz CT molecular complexity index is 873. The van der Waals surface area contributed by atoms with Gasteiger partial charge in [-0.3, -0.25) is 9.69 Å². The van der Waals surface area contributed by atoms with Gasteiger partial charge in [-0.05, 0) is 43.2 Å². The maximum Gasteiger partial charge on any atom is 0.248 e. The van der Waals surface area contributed by atoms with Gasteiger partial charge in [-0.25, -0.2) is 0 Å². The Kier molecular flexibility index (Phi) is 6.34. The van der Waals surface area contributed by atoms with E-state index in [1.165, 1.54) is 5.56 Å². The second-order valence-corrected chi connectivity index (χ2v) is 7.79. The lowest BCUT2D eigenvalue weighted by Crippen LogP contribution is -2.37. The molecule has 2 fully saturated rings. The molecule has 0 aromatic heterocycles. The zero-order valence-corrected chi connectivity index (χ0v) is 17.4. The number of primary amides is 1. The highest BCUT2D eigenvalue weighted by Gasteiger charge is 2.35. The summed E-state index contributed by atoms with van der Waals surface area (Å²) < 4.78 is 17.0. The van der Waals surface area contributed by atoms with Gasteiger partial charge >= 0.3 is 0 Å². The Morgan fingerprint density at radius 1 is 1.07 bits per heavy atom. The molecule has 0 unspecified atom stereocenters. The van der Waals surface area contributed by atoms with Crippen LogP contribution in [0, 0.1) is 0 Å². The molecule has 2 aromatic rings. The van der Waals surface area contributed by atoms with Crippen LogP contribution < -0.4 is 11.1 Å². The number of amides is 1. The summed E-state index contributed by atoms with van der Waals surface area (Å²) >= 11 is 0. The minimum Gasteiger partial charge on any atom is -0.379 e. The van der Waals surface area contributed by atoms with E-state index in [1.54, 1.807) is 12.1 Å². The first-order valence-corrected chi connectivity index (χ1v) is 10.4. The molecule has 7 heteroatoms. The van der Waals surface area contributed by atoms with Crippen LogP contribution in [0.5, 0.6) is 0 Å². The predicted molar refractivity (Wildman–Crippen MR) is 115 cm³/mol. The van der Waals surface area contributed by atoms with Gasteiger partial charge in [0.2, 0.25) is 5.91 Å². The van der Waals surface area contributed by atoms with Crippen molar-refractivity contribution in [3.05, 3.63) is 59.2 Å². The molecule has 0 spiro atoms. The van der Waals surface area contributed by atoms with Crippen LogP contribution in [0.2, 0.25) is 0 Å². The molecule has 30 heavy (non-hydrogen) atoms. The number of benzene rings is 2. The normalized spacial score (nSPS) is 19.0. The minimum atomic E-state index is -0.851. The van der Waals surface area contributed by atoms with E-state index < -0.39 is 11.7 Å². The lowest BCUT2D eigenvalue weighted by Gasteiger charge is -2.27. The molecule has 1 amide bonds. The number of rotatable bonds is 7. The smallest absolute Gasteiger partial charge is 0.248 e. The predicted octanol–water partition coefficient (Wildman–Crippen LogP) is 2.62. The van der Waals surface area contributed by atoms with Gasteiger partial charge in [-0.2, -0.15) is 0 Å². The SMILES string of the molecule is CC1(c2ccc(C(N)=O)cc2Nc2ccc(CCN3CCOCC3)cc2)OCCO1. The fourth-order valence-electron chi connectivity index (χ4n) is 3.89. The van der Waals surface area contributed by atoms with E-state index in [1.807, 2.05) is 25.1 Å². The molecular formula is C23H29N3O4. The molecule has 4 rings (SSSR count). The van der Waals surface area contributed by atoms with Crippen molar-refractivity contribution in [2.24, 2.45) is 5.73 Å². The van der Waals surface area contributed by atoms with Gasteiger partial charge in [0.15, 0.2) is 5.79 Å². The molecule has 2 heterocycles. The summed E-state index contributed by atoms with van der Waals surface area (Å²) in [5.74, 6) is -1.32. The van der Waals surface area contributed by atoms with E-state index in [9.17, 15) is 4.79 Å². The summed E-state index contributed by atoms with van der Waals surface area (Å²) in [4.78, 5) is 14.1. The molecule has 3 N–H and O–H groups in total. The Morgan fingerprint density at radius 2 is 1.77 bits per heavy atom. The van der Waals surface area contributed by atoms with Gasteiger partial charge < -0.3 is 25.3 Å². The third kappa shape index (κ3) is 4.82. The average Bonchev–Trinajstić information content (AvgIpc) is 3.21. The number of anilines is 2. The Morgan fingerprint density at radius 3 is 2.43 bits per heavy atom. The number of ether oxygens (including phenoxy) is 3. The number of nitrogens with one attached hydrogen (secondary N) is 1. The Labute approximate surface area is 177 Å². The lowest BCUT2D eigenvalue weighted by molar-refractivity contribution is -0.149. The van der Waals surface area contributed by atoms with Crippen molar-refractivity contribution >= 4 is 17.3 Å². The summed E-state index contributed by atoms with van der Waals surface area (Å²) in [7, 11) is 0. The zero-order valence-electron chi connectivity index (χ0n) is 17.4. The minimum absolute atomic E-state index is 0.435. The van der Waals surface area contributed by atoms with Gasteiger partial charge in [0.25, 0.3) is 0 Å². The van der Waals surface area contributed by atoms with Crippen LogP contribution in [-0.4, -0.2) is 56.9 Å². The second kappa shape index (κ2) is 9.14. The number of nitrogens with zero attached hydrogens (tertiary/aromatic N) is 1. The van der Waals surface area contributed by atoms with E-state index in [-0.39, 0.29) is 0 Å². The molecule has 0 atom stereocenters. The number of nitrogens with two attached hydrogens (primary N) is 1. The van der Waals surface area contributed by atoms with Crippen LogP contribution in [0.25, 0.3) is 0 Å². The highest BCUT2D eigenvalue weighted by Crippen LogP contribution is 2.37. The van der Waals surface area contributed by atoms with E-state index in [4.69, 9.17) is 19.9 Å². The maximum absolute atomic E-state index is 11.7. The van der Waals surface area contributed by atoms with Crippen LogP contribution in [0.3, 0.4) is 0 Å². The van der Waals surface area contributed by atoms with Crippen molar-refractivity contribution in [2.75, 3.05) is 51.4 Å². The molecule has 0 aliphatic carbocycles. The van der Waals surface area contributed by atoms with Crippen molar-refractivity contribution in [1.82, 2.24) is 4.90 Å². The third-order valence-electron chi connectivity index (χ3n) is 5.69. The van der Waals surface area contributed by atoms with Crippen LogP contribution in [0.4, 0.5) is 11.4 Å². The first kappa shape index (κ1) is 20.8. The van der Waals surface area contributed by atoms with Gasteiger partial charge in [0, 0.05) is 42.1 Å². The summed E-state index contributed by atoms with van der Waals surface area (Å²) in [5, 5.41) is 3.41. The summed E-state index contributed by atoms with van der Waals surface area (Å²) in [5.41, 5.74) is 9.71. The number of hydrogen-bond donors (Lipinski definition) is 2. The van der Waals surface area contributed by atoms with Gasteiger partial charge in [0.05, 0.1) is 26.4 Å². The zero-order chi connectivity index (χ0) is 21.0. The van der Waals surface area contributed by atoms with Crippen LogP contribution in [0.1, 0.15) is 28.4 Å². The van der Waals surface area contributed by atoms with Crippen molar-refractivity contribution in [1.29, 1.82) is 0 Å². The monoisotopic (exact) mass is 411 g/mol. The maximum atomic E-state index is 11.7. The third-order valence-corrected chi connectivity index (χ3v) is 5.69. The van der Waals surface area contributed by atoms with Crippen molar-refractivity contribution in [2.45, 2.75) is 19.1 Å². The lowest BCUT2D eigenvalue weighted by atomic mass is 10.0. The van der Waals surface area contributed by atoms with Gasteiger partial charge in [0.1, 0.15) is 0 Å². The van der Waals surface area contributed by atoms with E-state index in [2.05, 4.69) is 22.3 Å². The number of carbonyl (C=O) groups excluding carboxylic acids is 1. The Balaban J connectivity index is 1.48. The molecular weight excluding hydrogens is 382 g/mol. The summed E-state index contributed by atoms with van der Waals surface area (Å²) in [6.07, 6.45) is 1.00. The summed E-state index contributed by atoms with van der Waals surface area (Å²) in [6, 6.07) is 13.6. The first-order valence-electron chi connectivity index (χ1n) is 10.4. The standard InChI is InChI=1S/C23H29N3O4/c1-23(29-14-15-30-23)20-7-4-18(22(24)27)16-21(20)25-19-5-2-17(3-6-19)8-9-26-10-12-28-13-11-26/h2-7,16,25H,8-15H2,1H3,(H2,24,27). The molecule has 0 radical (unpaired) electrons. The van der Waals surface area contributed by atoms with Crippen molar-refractivity contribution in [3.63, 3.8) is 0 Å². The number of carbonyl (C=O) groups is 1. The molecule has 160 valence electrons. The molecule has 2 saturated heterocycles. The first-order chi connectivity index (χ1) is 14.5. The topological polar surface area (TPSA) is 86.1 Å². The quantitative estimate of drug-likeness (QED) is 0.729. The highest BCUT2D eigenvalue weighted by molar-refractivity contribution is 5.94. The van der Waals surface area contributed by atoms with Crippen molar-refractivity contribution in [3.8, 4) is 0 Å². The molecule has 2 aliphatic rings. The van der Waals surface area contributed by atoms with Gasteiger partial charge in [-0.15, -0.1) is 0 Å². The highest BCUT2D eigenvalue weighted by atomic mass is 16.7. The number of morpholine rings is 1. The van der Waals surface area contributed by atoms with E-state index in [0.29, 0.717) is 18.8 Å². The largest absolute Gasteiger partial charge is 0.379 e. The molecule has 0 saturated carbocycles. The van der Waals surface area contributed by atoms with Crippen LogP contribution in [-0.2, 0) is 26.4 Å². The molecule has 2 aromatic carbocycles. The van der Waals surface area contributed by atoms with Crippen molar-refractivity contribution < 1.29 is 19.0 Å². The van der Waals surface area contributed by atoms with E-state index >= 15 is 0 Å². The van der Waals surface area contributed by atoms with E-state index in [0.717, 1.165) is 56.2 Å². The van der Waals surface area contributed by atoms with Crippen LogP contribution in [0.15, 0.2) is 42.5 Å². The summed E-state index contributed by atoms with van der Waals surface area (Å²) in [6.45, 7) is 7.64. The van der Waals surface area contributed by atoms with Gasteiger partial charge in [-0.1, -0.05) is 18.2 Å². The molecule has 0 bridgehead atoms. The fourth-order valence-corrected chi connectivity index (χ4v) is 3.89. The second-order valence-electron chi connectivity index (χ2n) is 7.79. The number of hydrogen-bond acceptors (Lipinski definition) is 6. The Hall–Kier alpha value is -2.45. The average molecular weight is 412 g/mol. The fraction of sp³-hybridized carbons (Fsp3) is 0.435. The molecule has 7 nitrogen and oxygen atoms in total. The van der Waals surface area contributed by atoms with Crippen LogP contribution >= 0.6 is 0 Å². The molecule has 2 aliphatic heterocycles.